The number of aromatic nitrogens is 1. The van der Waals surface area contributed by atoms with Crippen molar-refractivity contribution in [3.63, 3.8) is 0 Å². The SMILES string of the molecule is CC1(C)c2ccccc2-c2ccc(N(c3ccc4c5ccccc5n(-c5ccc(C6CC7CCC6C7)cc5)c4c3)c3ccccc3-c3cccc4cccc(-c5ccccc5)c34)cc21. The summed E-state index contributed by atoms with van der Waals surface area (Å²) in [6.45, 7) is 4.77. The molecule has 2 bridgehead atoms. The molecule has 9 aromatic carbocycles. The molecule has 0 radical (unpaired) electrons. The Morgan fingerprint density at radius 2 is 1.16 bits per heavy atom. The van der Waals surface area contributed by atoms with E-state index in [4.69, 9.17) is 0 Å². The van der Waals surface area contributed by atoms with Crippen molar-refractivity contribution in [3.8, 4) is 39.1 Å². The number of rotatable bonds is 7. The van der Waals surface area contributed by atoms with Crippen LogP contribution in [0.1, 0.15) is 62.1 Å². The molecule has 2 fully saturated rings. The second-order valence-corrected chi connectivity index (χ2v) is 19.3. The first-order chi connectivity index (χ1) is 31.5. The minimum absolute atomic E-state index is 0.145. The van der Waals surface area contributed by atoms with E-state index in [9.17, 15) is 0 Å². The predicted molar refractivity (Wildman–Crippen MR) is 270 cm³/mol. The quantitative estimate of drug-likeness (QED) is 0.155. The summed E-state index contributed by atoms with van der Waals surface area (Å²) in [7, 11) is 0. The molecule has 3 aliphatic carbocycles. The van der Waals surface area contributed by atoms with Gasteiger partial charge in [0.25, 0.3) is 0 Å². The average molecular weight is 823 g/mol. The first kappa shape index (κ1) is 37.4. The van der Waals surface area contributed by atoms with E-state index in [1.807, 2.05) is 0 Å². The Kier molecular flexibility index (Phi) is 8.44. The highest BCUT2D eigenvalue weighted by Crippen LogP contribution is 2.54. The molecule has 64 heavy (non-hydrogen) atoms. The highest BCUT2D eigenvalue weighted by Gasteiger charge is 2.40. The summed E-state index contributed by atoms with van der Waals surface area (Å²) in [6.07, 6.45) is 5.61. The maximum absolute atomic E-state index is 2.53. The Bertz CT molecular complexity index is 3440. The van der Waals surface area contributed by atoms with Crippen LogP contribution in [0.2, 0.25) is 0 Å². The molecule has 2 heteroatoms. The van der Waals surface area contributed by atoms with Crippen LogP contribution >= 0.6 is 0 Å². The predicted octanol–water partition coefficient (Wildman–Crippen LogP) is 17.0. The molecule has 3 atom stereocenters. The minimum Gasteiger partial charge on any atom is -0.310 e. The lowest BCUT2D eigenvalue weighted by atomic mass is 9.82. The van der Waals surface area contributed by atoms with E-state index in [0.29, 0.717) is 5.92 Å². The minimum atomic E-state index is -0.145. The molecule has 0 aliphatic heterocycles. The third-order valence-electron chi connectivity index (χ3n) is 15.5. The van der Waals surface area contributed by atoms with Crippen molar-refractivity contribution in [1.82, 2.24) is 4.57 Å². The highest BCUT2D eigenvalue weighted by atomic mass is 15.1. The summed E-state index contributed by atoms with van der Waals surface area (Å²) >= 11 is 0. The molecule has 2 saturated carbocycles. The van der Waals surface area contributed by atoms with Gasteiger partial charge >= 0.3 is 0 Å². The largest absolute Gasteiger partial charge is 0.310 e. The number of hydrogen-bond donors (Lipinski definition) is 0. The smallest absolute Gasteiger partial charge is 0.0561 e. The third kappa shape index (κ3) is 5.71. The van der Waals surface area contributed by atoms with Crippen LogP contribution in [0.3, 0.4) is 0 Å². The molecule has 0 saturated heterocycles. The van der Waals surface area contributed by atoms with E-state index < -0.39 is 0 Å². The van der Waals surface area contributed by atoms with Crippen LogP contribution in [0.4, 0.5) is 17.1 Å². The van der Waals surface area contributed by atoms with Gasteiger partial charge in [0.1, 0.15) is 0 Å². The first-order valence-corrected chi connectivity index (χ1v) is 23.3. The number of hydrogen-bond acceptors (Lipinski definition) is 1. The van der Waals surface area contributed by atoms with Crippen molar-refractivity contribution < 1.29 is 0 Å². The molecule has 10 aromatic rings. The van der Waals surface area contributed by atoms with Crippen LogP contribution in [-0.2, 0) is 5.41 Å². The molecule has 3 unspecified atom stereocenters. The number of para-hydroxylation sites is 2. The lowest BCUT2D eigenvalue weighted by Crippen LogP contribution is -2.17. The summed E-state index contributed by atoms with van der Waals surface area (Å²) in [6, 6.07) is 75.3. The first-order valence-electron chi connectivity index (χ1n) is 23.3. The van der Waals surface area contributed by atoms with Crippen LogP contribution in [-0.4, -0.2) is 4.57 Å². The van der Waals surface area contributed by atoms with Crippen molar-refractivity contribution in [2.24, 2.45) is 11.8 Å². The van der Waals surface area contributed by atoms with Gasteiger partial charge in [0.15, 0.2) is 0 Å². The lowest BCUT2D eigenvalue weighted by Gasteiger charge is -2.30. The zero-order chi connectivity index (χ0) is 42.5. The van der Waals surface area contributed by atoms with Crippen LogP contribution in [0, 0.1) is 11.8 Å². The van der Waals surface area contributed by atoms with Crippen molar-refractivity contribution in [3.05, 3.63) is 217 Å². The number of nitrogens with zero attached hydrogens (tertiary/aromatic N) is 2. The van der Waals surface area contributed by atoms with Crippen molar-refractivity contribution in [1.29, 1.82) is 0 Å². The fourth-order valence-corrected chi connectivity index (χ4v) is 12.5. The number of anilines is 3. The molecule has 0 spiro atoms. The zero-order valence-electron chi connectivity index (χ0n) is 36.5. The molecule has 0 N–H and O–H groups in total. The summed E-state index contributed by atoms with van der Waals surface area (Å²) < 4.78 is 2.50. The van der Waals surface area contributed by atoms with Crippen molar-refractivity contribution >= 4 is 49.6 Å². The maximum Gasteiger partial charge on any atom is 0.0561 e. The number of fused-ring (bicyclic) bond motifs is 9. The Balaban J connectivity index is 1.04. The van der Waals surface area contributed by atoms with Crippen LogP contribution in [0.5, 0.6) is 0 Å². The second kappa shape index (κ2) is 14.4. The lowest BCUT2D eigenvalue weighted by molar-refractivity contribution is 0.420. The summed E-state index contributed by atoms with van der Waals surface area (Å²) in [4.78, 5) is 2.53. The van der Waals surface area contributed by atoms with Gasteiger partial charge in [-0.15, -0.1) is 0 Å². The van der Waals surface area contributed by atoms with Crippen LogP contribution < -0.4 is 4.90 Å². The molecule has 1 heterocycles. The second-order valence-electron chi connectivity index (χ2n) is 19.3. The van der Waals surface area contributed by atoms with E-state index in [2.05, 4.69) is 224 Å². The Hall–Kier alpha value is -7.16. The molecule has 3 aliphatic rings. The van der Waals surface area contributed by atoms with Crippen LogP contribution in [0.25, 0.3) is 71.6 Å². The van der Waals surface area contributed by atoms with Crippen LogP contribution in [0.15, 0.2) is 200 Å². The van der Waals surface area contributed by atoms with E-state index >= 15 is 0 Å². The van der Waals surface area contributed by atoms with Gasteiger partial charge in [-0.05, 0) is 141 Å². The van der Waals surface area contributed by atoms with Gasteiger partial charge in [-0.25, -0.2) is 0 Å². The summed E-state index contributed by atoms with van der Waals surface area (Å²) in [5, 5.41) is 5.03. The van der Waals surface area contributed by atoms with E-state index in [0.717, 1.165) is 28.9 Å². The fraction of sp³-hybridized carbons (Fsp3) is 0.161. The number of benzene rings is 9. The third-order valence-corrected chi connectivity index (χ3v) is 15.5. The van der Waals surface area contributed by atoms with Gasteiger partial charge in [0.05, 0.1) is 16.7 Å². The van der Waals surface area contributed by atoms with E-state index in [1.165, 1.54) is 114 Å². The Labute approximate surface area is 376 Å². The van der Waals surface area contributed by atoms with Gasteiger partial charge in [-0.1, -0.05) is 172 Å². The molecule has 2 nitrogen and oxygen atoms in total. The molecular weight excluding hydrogens is 773 g/mol. The Morgan fingerprint density at radius 1 is 0.484 bits per heavy atom. The standard InChI is InChI=1S/C62H50N2/c1-62(2)56-23-9-6-18-49(56)50-34-32-46(38-57(50)62)63(58-24-10-8-20-52(58)54-22-13-17-43-16-12-21-48(61(43)54)41-14-4-3-5-15-41)47-33-35-53-51-19-7-11-25-59(51)64(60(53)39-47)45-30-28-42(29-31-45)55-37-40-26-27-44(55)36-40/h3-25,28-35,38-40,44,55H,26-27,36-37H2,1-2H3. The zero-order valence-corrected chi connectivity index (χ0v) is 36.5. The van der Waals surface area contributed by atoms with Gasteiger partial charge < -0.3 is 9.47 Å². The maximum atomic E-state index is 2.53. The van der Waals surface area contributed by atoms with Crippen molar-refractivity contribution in [2.45, 2.75) is 50.9 Å². The van der Waals surface area contributed by atoms with Crippen molar-refractivity contribution in [2.75, 3.05) is 4.90 Å². The fourth-order valence-electron chi connectivity index (χ4n) is 12.5. The summed E-state index contributed by atoms with van der Waals surface area (Å²) in [5.74, 6) is 2.50. The monoisotopic (exact) mass is 822 g/mol. The van der Waals surface area contributed by atoms with E-state index in [-0.39, 0.29) is 5.41 Å². The summed E-state index contributed by atoms with van der Waals surface area (Å²) in [5.41, 5.74) is 18.7. The molecule has 0 amide bonds. The van der Waals surface area contributed by atoms with Gasteiger partial charge in [-0.3, -0.25) is 0 Å². The molecule has 308 valence electrons. The van der Waals surface area contributed by atoms with E-state index in [1.54, 1.807) is 0 Å². The average Bonchev–Trinajstić information content (AvgIpc) is 4.12. The van der Waals surface area contributed by atoms with Gasteiger partial charge in [0, 0.05) is 38.8 Å². The molecule has 13 rings (SSSR count). The topological polar surface area (TPSA) is 8.17 Å². The highest BCUT2D eigenvalue weighted by molar-refractivity contribution is 6.12. The molecule has 1 aromatic heterocycles. The molecular formula is C62H50N2. The Morgan fingerprint density at radius 3 is 1.97 bits per heavy atom. The van der Waals surface area contributed by atoms with Gasteiger partial charge in [0.2, 0.25) is 0 Å². The normalized spacial score (nSPS) is 18.2. The van der Waals surface area contributed by atoms with Gasteiger partial charge in [-0.2, -0.15) is 0 Å².